The average molecular weight is 297 g/mol. The van der Waals surface area contributed by atoms with Gasteiger partial charge >= 0.3 is 0 Å². The molecular weight excluding hydrogens is 278 g/mol. The summed E-state index contributed by atoms with van der Waals surface area (Å²) in [6.07, 6.45) is 5.80. The quantitative estimate of drug-likeness (QED) is 0.834. The Kier molecular flexibility index (Phi) is 4.02. The number of amides is 1. The number of thioether (sulfide) groups is 1. The van der Waals surface area contributed by atoms with Gasteiger partial charge in [-0.3, -0.25) is 4.79 Å². The first-order chi connectivity index (χ1) is 10.1. The number of benzene rings is 1. The molecule has 0 aliphatic carbocycles. The average Bonchev–Trinajstić information content (AvgIpc) is 2.47. The van der Waals surface area contributed by atoms with Crippen LogP contribution >= 0.6 is 11.8 Å². The van der Waals surface area contributed by atoms with Gasteiger partial charge in [0.2, 0.25) is 5.91 Å². The summed E-state index contributed by atoms with van der Waals surface area (Å²) in [6.45, 7) is 6.79. The molecule has 1 amide bonds. The second-order valence-corrected chi connectivity index (χ2v) is 6.79. The molecular formula is C18H19NOS. The van der Waals surface area contributed by atoms with Gasteiger partial charge in [0.1, 0.15) is 0 Å². The van der Waals surface area contributed by atoms with E-state index in [4.69, 9.17) is 0 Å². The van der Waals surface area contributed by atoms with Gasteiger partial charge in [0.05, 0.1) is 0 Å². The van der Waals surface area contributed by atoms with Gasteiger partial charge in [0.25, 0.3) is 0 Å². The van der Waals surface area contributed by atoms with Crippen molar-refractivity contribution in [1.82, 2.24) is 4.90 Å². The van der Waals surface area contributed by atoms with Crippen molar-refractivity contribution < 1.29 is 4.79 Å². The zero-order valence-corrected chi connectivity index (χ0v) is 13.0. The van der Waals surface area contributed by atoms with Crippen LogP contribution < -0.4 is 0 Å². The molecule has 2 heterocycles. The van der Waals surface area contributed by atoms with Crippen molar-refractivity contribution in [2.24, 2.45) is 0 Å². The number of carbonyl (C=O) groups excluding carboxylic acids is 1. The molecule has 0 N–H and O–H groups in total. The summed E-state index contributed by atoms with van der Waals surface area (Å²) in [5, 5.41) is 0. The van der Waals surface area contributed by atoms with Crippen molar-refractivity contribution in [2.75, 3.05) is 6.54 Å². The number of rotatable bonds is 3. The van der Waals surface area contributed by atoms with Crippen LogP contribution in [-0.2, 0) is 4.79 Å². The summed E-state index contributed by atoms with van der Waals surface area (Å²) in [5.74, 6) is 0.140. The van der Waals surface area contributed by atoms with Crippen LogP contribution in [0.15, 0.2) is 70.0 Å². The van der Waals surface area contributed by atoms with E-state index in [1.807, 2.05) is 30.0 Å². The number of allylic oxidation sites excluding steroid dienone is 1. The minimum Gasteiger partial charge on any atom is -0.332 e. The molecule has 2 aliphatic rings. The van der Waals surface area contributed by atoms with Crippen LogP contribution in [0.2, 0.25) is 0 Å². The first-order valence-electron chi connectivity index (χ1n) is 7.22. The maximum atomic E-state index is 12.3. The highest BCUT2D eigenvalue weighted by molar-refractivity contribution is 8.03. The lowest BCUT2D eigenvalue weighted by Crippen LogP contribution is -2.44. The topological polar surface area (TPSA) is 20.3 Å². The Hall–Kier alpha value is -1.74. The Morgan fingerprint density at radius 1 is 1.29 bits per heavy atom. The molecule has 0 saturated carbocycles. The van der Waals surface area contributed by atoms with Crippen LogP contribution in [0, 0.1) is 0 Å². The molecule has 1 aromatic carbocycles. The van der Waals surface area contributed by atoms with Crippen molar-refractivity contribution >= 4 is 17.7 Å². The third-order valence-electron chi connectivity index (χ3n) is 3.98. The Labute approximate surface area is 130 Å². The Balaban J connectivity index is 1.76. The monoisotopic (exact) mass is 297 g/mol. The molecule has 2 nitrogen and oxygen atoms in total. The number of fused-ring (bicyclic) bond motifs is 1. The van der Waals surface area contributed by atoms with Crippen LogP contribution in [0.3, 0.4) is 0 Å². The van der Waals surface area contributed by atoms with Crippen LogP contribution in [0.5, 0.6) is 0 Å². The van der Waals surface area contributed by atoms with E-state index in [0.717, 1.165) is 23.3 Å². The molecule has 2 aliphatic heterocycles. The zero-order chi connectivity index (χ0) is 14.8. The summed E-state index contributed by atoms with van der Waals surface area (Å²) in [7, 11) is 0. The fourth-order valence-corrected chi connectivity index (χ4v) is 3.86. The summed E-state index contributed by atoms with van der Waals surface area (Å²) in [6, 6.07) is 10.5. The third-order valence-corrected chi connectivity index (χ3v) is 5.03. The van der Waals surface area contributed by atoms with Gasteiger partial charge in [-0.15, -0.1) is 0 Å². The molecule has 0 fully saturated rings. The largest absolute Gasteiger partial charge is 0.332 e. The normalized spacial score (nSPS) is 21.5. The molecule has 1 aromatic rings. The zero-order valence-electron chi connectivity index (χ0n) is 12.2. The van der Waals surface area contributed by atoms with Gasteiger partial charge in [-0.2, -0.15) is 0 Å². The highest BCUT2D eigenvalue weighted by Crippen LogP contribution is 2.37. The summed E-state index contributed by atoms with van der Waals surface area (Å²) in [4.78, 5) is 16.6. The van der Waals surface area contributed by atoms with E-state index < -0.39 is 0 Å². The molecule has 0 bridgehead atoms. The molecule has 0 radical (unpaired) electrons. The van der Waals surface area contributed by atoms with E-state index in [0.29, 0.717) is 6.54 Å². The van der Waals surface area contributed by atoms with Crippen molar-refractivity contribution in [2.45, 2.75) is 30.7 Å². The second-order valence-electron chi connectivity index (χ2n) is 5.59. The number of hydrogen-bond donors (Lipinski definition) is 0. The fraction of sp³-hybridized carbons (Fsp3) is 0.278. The lowest BCUT2D eigenvalue weighted by Gasteiger charge is -2.38. The van der Waals surface area contributed by atoms with Gasteiger partial charge in [0.15, 0.2) is 0 Å². The van der Waals surface area contributed by atoms with E-state index in [1.54, 1.807) is 17.8 Å². The molecule has 3 heteroatoms. The number of hydrogen-bond acceptors (Lipinski definition) is 2. The van der Waals surface area contributed by atoms with E-state index >= 15 is 0 Å². The van der Waals surface area contributed by atoms with E-state index in [1.165, 1.54) is 10.5 Å². The molecule has 1 unspecified atom stereocenters. The van der Waals surface area contributed by atoms with Gasteiger partial charge in [-0.25, -0.2) is 0 Å². The Morgan fingerprint density at radius 3 is 2.76 bits per heavy atom. The minimum atomic E-state index is 0.140. The smallest absolute Gasteiger partial charge is 0.247 e. The molecule has 0 spiro atoms. The molecule has 21 heavy (non-hydrogen) atoms. The lowest BCUT2D eigenvalue weighted by atomic mass is 9.92. The maximum Gasteiger partial charge on any atom is 0.247 e. The number of carbonyl (C=O) groups is 1. The molecule has 3 rings (SSSR count). The van der Waals surface area contributed by atoms with Crippen LogP contribution in [-0.4, -0.2) is 23.4 Å². The van der Waals surface area contributed by atoms with E-state index in [9.17, 15) is 4.79 Å². The van der Waals surface area contributed by atoms with Crippen molar-refractivity contribution in [3.8, 4) is 0 Å². The Bertz CT molecular complexity index is 630. The molecule has 108 valence electrons. The standard InChI is InChI=1S/C18H19NOS/c1-13(2)14-8-9-19-15(10-14)11-17(12-18(19)20)21-16-6-4-3-5-7-16/h3-8,12,15H,1,9-11H2,2H3. The van der Waals surface area contributed by atoms with Crippen molar-refractivity contribution in [3.05, 3.63) is 65.1 Å². The minimum absolute atomic E-state index is 0.140. The molecule has 1 atom stereocenters. The predicted octanol–water partition coefficient (Wildman–Crippen LogP) is 4.17. The summed E-state index contributed by atoms with van der Waals surface area (Å²) < 4.78 is 0. The highest BCUT2D eigenvalue weighted by atomic mass is 32.2. The van der Waals surface area contributed by atoms with Crippen molar-refractivity contribution in [1.29, 1.82) is 0 Å². The fourth-order valence-electron chi connectivity index (χ4n) is 2.83. The maximum absolute atomic E-state index is 12.3. The van der Waals surface area contributed by atoms with E-state index in [-0.39, 0.29) is 11.9 Å². The molecule has 0 saturated heterocycles. The van der Waals surface area contributed by atoms with Gasteiger partial charge in [-0.05, 0) is 42.4 Å². The first kappa shape index (κ1) is 14.2. The van der Waals surface area contributed by atoms with Gasteiger partial charge < -0.3 is 4.90 Å². The molecule has 0 aromatic heterocycles. The van der Waals surface area contributed by atoms with Gasteiger partial charge in [0, 0.05) is 23.6 Å². The predicted molar refractivity (Wildman–Crippen MR) is 88.0 cm³/mol. The first-order valence-corrected chi connectivity index (χ1v) is 8.04. The number of nitrogens with zero attached hydrogens (tertiary/aromatic N) is 1. The summed E-state index contributed by atoms with van der Waals surface area (Å²) >= 11 is 1.71. The van der Waals surface area contributed by atoms with E-state index in [2.05, 4.69) is 24.8 Å². The van der Waals surface area contributed by atoms with Crippen LogP contribution in [0.1, 0.15) is 19.8 Å². The lowest BCUT2D eigenvalue weighted by molar-refractivity contribution is -0.128. The SMILES string of the molecule is C=C(C)C1=CCN2C(=O)C=C(Sc3ccccc3)CC2C1. The van der Waals surface area contributed by atoms with Crippen molar-refractivity contribution in [3.63, 3.8) is 0 Å². The van der Waals surface area contributed by atoms with Gasteiger partial charge in [-0.1, -0.05) is 48.2 Å². The van der Waals surface area contributed by atoms with Crippen LogP contribution in [0.4, 0.5) is 0 Å². The Morgan fingerprint density at radius 2 is 2.05 bits per heavy atom. The summed E-state index contributed by atoms with van der Waals surface area (Å²) in [5.41, 5.74) is 2.42. The van der Waals surface area contributed by atoms with Crippen LogP contribution in [0.25, 0.3) is 0 Å². The third kappa shape index (κ3) is 3.13. The second kappa shape index (κ2) is 5.94. The highest BCUT2D eigenvalue weighted by Gasteiger charge is 2.31.